The molecule has 8 nitrogen and oxygen atoms in total. The number of nitrogens with zero attached hydrogens (tertiary/aromatic N) is 3. The van der Waals surface area contributed by atoms with E-state index in [4.69, 9.17) is 4.74 Å². The minimum Gasteiger partial charge on any atom is -0.618 e. The van der Waals surface area contributed by atoms with E-state index in [0.29, 0.717) is 10.4 Å². The van der Waals surface area contributed by atoms with E-state index in [1.807, 2.05) is 0 Å². The minimum absolute atomic E-state index is 0.0612. The molecule has 0 N–H and O–H groups in total. The first-order valence-electron chi connectivity index (χ1n) is 7.83. The van der Waals surface area contributed by atoms with Crippen LogP contribution in [0.4, 0.5) is 0 Å². The molecular formula is C17H21N3O5. The Balaban J connectivity index is 2.83. The lowest BCUT2D eigenvalue weighted by atomic mass is 9.89. The van der Waals surface area contributed by atoms with Crippen LogP contribution in [-0.4, -0.2) is 41.2 Å². The standard InChI is InChI=1S/C17H21N3O5/c1-9(2)17(5)16(23)19(11(4)21)14(18-17)13-12(15(22)25-6)8-7-10(3)20(13)24/h7-9H,1-6H3. The van der Waals surface area contributed by atoms with Crippen molar-refractivity contribution in [1.82, 2.24) is 4.90 Å². The number of aliphatic imine (C=N–C) groups is 1. The third kappa shape index (κ3) is 2.77. The topological polar surface area (TPSA) is 103 Å². The quantitative estimate of drug-likeness (QED) is 0.460. The van der Waals surface area contributed by atoms with Crippen molar-refractivity contribution in [2.24, 2.45) is 10.9 Å². The average Bonchev–Trinajstić information content (AvgIpc) is 2.81. The summed E-state index contributed by atoms with van der Waals surface area (Å²) in [5, 5.41) is 12.6. The number of carbonyl (C=O) groups is 3. The summed E-state index contributed by atoms with van der Waals surface area (Å²) >= 11 is 0. The monoisotopic (exact) mass is 347 g/mol. The fourth-order valence-electron chi connectivity index (χ4n) is 2.59. The van der Waals surface area contributed by atoms with Crippen LogP contribution < -0.4 is 4.73 Å². The summed E-state index contributed by atoms with van der Waals surface area (Å²) in [7, 11) is 1.18. The third-order valence-corrected chi connectivity index (χ3v) is 4.51. The highest BCUT2D eigenvalue weighted by Gasteiger charge is 2.51. The smallest absolute Gasteiger partial charge is 0.344 e. The Labute approximate surface area is 145 Å². The number of hydrogen-bond donors (Lipinski definition) is 0. The van der Waals surface area contributed by atoms with Crippen LogP contribution in [0.1, 0.15) is 49.4 Å². The van der Waals surface area contributed by atoms with Crippen molar-refractivity contribution in [3.05, 3.63) is 34.3 Å². The third-order valence-electron chi connectivity index (χ3n) is 4.51. The molecule has 1 atom stereocenters. The molecule has 1 aliphatic rings. The summed E-state index contributed by atoms with van der Waals surface area (Å²) in [6.07, 6.45) is 0. The van der Waals surface area contributed by atoms with Crippen LogP contribution >= 0.6 is 0 Å². The van der Waals surface area contributed by atoms with Gasteiger partial charge in [-0.2, -0.15) is 4.73 Å². The molecule has 8 heteroatoms. The Bertz CT molecular complexity index is 800. The van der Waals surface area contributed by atoms with Crippen molar-refractivity contribution >= 4 is 23.6 Å². The van der Waals surface area contributed by atoms with E-state index in [2.05, 4.69) is 4.99 Å². The highest BCUT2D eigenvalue weighted by atomic mass is 16.5. The Hall–Kier alpha value is -2.77. The van der Waals surface area contributed by atoms with E-state index in [1.165, 1.54) is 26.2 Å². The van der Waals surface area contributed by atoms with E-state index in [9.17, 15) is 19.6 Å². The van der Waals surface area contributed by atoms with Gasteiger partial charge in [0.15, 0.2) is 5.69 Å². The van der Waals surface area contributed by atoms with Crippen LogP contribution in [0.5, 0.6) is 0 Å². The van der Waals surface area contributed by atoms with Gasteiger partial charge < -0.3 is 9.94 Å². The number of amidine groups is 1. The zero-order valence-corrected chi connectivity index (χ0v) is 15.1. The molecule has 0 aromatic carbocycles. The van der Waals surface area contributed by atoms with E-state index in [1.54, 1.807) is 27.7 Å². The second kappa shape index (κ2) is 6.27. The number of aryl methyl sites for hydroxylation is 1. The van der Waals surface area contributed by atoms with Crippen molar-refractivity contribution < 1.29 is 23.9 Å². The SMILES string of the molecule is COC(=O)c1ccc(C)[n+]([O-])c1C1=NC(C)(C(C)C)C(=O)N1C(C)=O. The first-order valence-corrected chi connectivity index (χ1v) is 7.83. The molecule has 2 heterocycles. The van der Waals surface area contributed by atoms with Crippen molar-refractivity contribution in [2.45, 2.75) is 40.2 Å². The molecule has 2 amide bonds. The molecule has 1 aromatic rings. The number of methoxy groups -OCH3 is 1. The molecule has 1 aliphatic heterocycles. The second-order valence-electron chi connectivity index (χ2n) is 6.42. The fraction of sp³-hybridized carbons (Fsp3) is 0.471. The predicted octanol–water partition coefficient (Wildman–Crippen LogP) is 0.965. The largest absolute Gasteiger partial charge is 0.618 e. The molecule has 2 rings (SSSR count). The van der Waals surface area contributed by atoms with Crippen molar-refractivity contribution in [2.75, 3.05) is 7.11 Å². The molecule has 0 spiro atoms. The molecule has 0 fully saturated rings. The zero-order valence-electron chi connectivity index (χ0n) is 15.1. The average molecular weight is 347 g/mol. The maximum atomic E-state index is 12.8. The molecule has 0 aliphatic carbocycles. The fourth-order valence-corrected chi connectivity index (χ4v) is 2.59. The molecular weight excluding hydrogens is 326 g/mol. The minimum atomic E-state index is -1.20. The van der Waals surface area contributed by atoms with Crippen LogP contribution in [0, 0.1) is 18.0 Å². The number of carbonyl (C=O) groups excluding carboxylic acids is 3. The molecule has 0 saturated carbocycles. The number of amides is 2. The molecule has 134 valence electrons. The summed E-state index contributed by atoms with van der Waals surface area (Å²) in [4.78, 5) is 42.2. The van der Waals surface area contributed by atoms with Gasteiger partial charge in [-0.15, -0.1) is 0 Å². The number of ether oxygens (including phenoxy) is 1. The molecule has 25 heavy (non-hydrogen) atoms. The van der Waals surface area contributed by atoms with Crippen molar-refractivity contribution in [1.29, 1.82) is 0 Å². The van der Waals surface area contributed by atoms with Crippen LogP contribution in [0.2, 0.25) is 0 Å². The maximum absolute atomic E-state index is 12.8. The van der Waals surface area contributed by atoms with Gasteiger partial charge in [-0.1, -0.05) is 13.8 Å². The van der Waals surface area contributed by atoms with Gasteiger partial charge in [0.1, 0.15) is 11.1 Å². The number of aromatic nitrogens is 1. The Kier molecular flexibility index (Phi) is 4.66. The number of esters is 1. The van der Waals surface area contributed by atoms with Gasteiger partial charge in [-0.05, 0) is 18.9 Å². The van der Waals surface area contributed by atoms with Crippen molar-refractivity contribution in [3.63, 3.8) is 0 Å². The van der Waals surface area contributed by atoms with Gasteiger partial charge in [0, 0.05) is 19.9 Å². The van der Waals surface area contributed by atoms with E-state index >= 15 is 0 Å². The summed E-state index contributed by atoms with van der Waals surface area (Å²) in [6.45, 7) is 7.96. The normalized spacial score (nSPS) is 20.0. The first-order chi connectivity index (χ1) is 11.6. The second-order valence-corrected chi connectivity index (χ2v) is 6.42. The van der Waals surface area contributed by atoms with Gasteiger partial charge in [0.25, 0.3) is 11.6 Å². The summed E-state index contributed by atoms with van der Waals surface area (Å²) < 4.78 is 5.21. The van der Waals surface area contributed by atoms with E-state index in [0.717, 1.165) is 4.90 Å². The number of rotatable bonds is 3. The van der Waals surface area contributed by atoms with Gasteiger partial charge in [0.2, 0.25) is 11.7 Å². The lowest BCUT2D eigenvalue weighted by Gasteiger charge is -2.24. The number of hydrogen-bond acceptors (Lipinski definition) is 6. The van der Waals surface area contributed by atoms with Crippen molar-refractivity contribution in [3.8, 4) is 0 Å². The molecule has 1 unspecified atom stereocenters. The Morgan fingerprint density at radius 3 is 2.44 bits per heavy atom. The Morgan fingerprint density at radius 2 is 1.96 bits per heavy atom. The molecule has 0 saturated heterocycles. The molecule has 1 aromatic heterocycles. The lowest BCUT2D eigenvalue weighted by molar-refractivity contribution is -0.614. The van der Waals surface area contributed by atoms with Gasteiger partial charge in [0.05, 0.1) is 7.11 Å². The maximum Gasteiger partial charge on any atom is 0.344 e. The van der Waals surface area contributed by atoms with E-state index in [-0.39, 0.29) is 23.0 Å². The van der Waals surface area contributed by atoms with Gasteiger partial charge >= 0.3 is 5.97 Å². The zero-order chi connectivity index (χ0) is 19.1. The van der Waals surface area contributed by atoms with Crippen LogP contribution in [-0.2, 0) is 14.3 Å². The molecule has 0 radical (unpaired) electrons. The first kappa shape index (κ1) is 18.6. The number of imide groups is 1. The highest BCUT2D eigenvalue weighted by Crippen LogP contribution is 2.32. The van der Waals surface area contributed by atoms with Crippen LogP contribution in [0.3, 0.4) is 0 Å². The summed E-state index contributed by atoms with van der Waals surface area (Å²) in [5.74, 6) is -2.21. The predicted molar refractivity (Wildman–Crippen MR) is 88.8 cm³/mol. The lowest BCUT2D eigenvalue weighted by Crippen LogP contribution is -2.49. The summed E-state index contributed by atoms with van der Waals surface area (Å²) in [5.41, 5.74) is -1.14. The van der Waals surface area contributed by atoms with E-state index < -0.39 is 23.3 Å². The number of pyridine rings is 1. The van der Waals surface area contributed by atoms with Gasteiger partial charge in [-0.3, -0.25) is 9.59 Å². The summed E-state index contributed by atoms with van der Waals surface area (Å²) in [6, 6.07) is 2.88. The highest BCUT2D eigenvalue weighted by molar-refractivity contribution is 6.24. The van der Waals surface area contributed by atoms with Gasteiger partial charge in [-0.25, -0.2) is 14.7 Å². The van der Waals surface area contributed by atoms with Crippen LogP contribution in [0.15, 0.2) is 17.1 Å². The van der Waals surface area contributed by atoms with Crippen LogP contribution in [0.25, 0.3) is 0 Å². The molecule has 0 bridgehead atoms. The Morgan fingerprint density at radius 1 is 1.36 bits per heavy atom.